The molecule has 0 bridgehead atoms. The third kappa shape index (κ3) is 5.22. The number of thioether (sulfide) groups is 1. The van der Waals surface area contributed by atoms with Crippen LogP contribution < -0.4 is 5.32 Å². The fourth-order valence-electron chi connectivity index (χ4n) is 4.53. The number of hydrazone groups is 1. The first-order valence-electron chi connectivity index (χ1n) is 11.7. The van der Waals surface area contributed by atoms with Gasteiger partial charge in [-0.3, -0.25) is 4.79 Å². The van der Waals surface area contributed by atoms with E-state index in [9.17, 15) is 4.79 Å². The monoisotopic (exact) mass is 484 g/mol. The average molecular weight is 485 g/mol. The van der Waals surface area contributed by atoms with E-state index in [1.165, 1.54) is 44.1 Å². The van der Waals surface area contributed by atoms with Crippen LogP contribution in [0, 0.1) is 0 Å². The Hall–Kier alpha value is -3.01. The van der Waals surface area contributed by atoms with E-state index in [4.69, 9.17) is 14.8 Å². The average Bonchev–Trinajstić information content (AvgIpc) is 3.41. The zero-order chi connectivity index (χ0) is 23.9. The number of allylic oxidation sites excluding steroid dienone is 2. The summed E-state index contributed by atoms with van der Waals surface area (Å²) < 4.78 is 0. The van der Waals surface area contributed by atoms with E-state index in [1.54, 1.807) is 13.3 Å². The fraction of sp³-hybridized carbons (Fsp3) is 0.500. The van der Waals surface area contributed by atoms with Crippen LogP contribution in [0.2, 0.25) is 0 Å². The number of rotatable bonds is 9. The molecule has 182 valence electrons. The van der Waals surface area contributed by atoms with E-state index in [1.807, 2.05) is 42.4 Å². The highest BCUT2D eigenvalue weighted by atomic mass is 32.2. The summed E-state index contributed by atoms with van der Waals surface area (Å²) in [6.45, 7) is 2.35. The SMILES string of the molecule is CNC(=O)C(=NOC)c1ccccc1CON=CCC1=C(C)SC2N1N=CN2C1CCCCC1. The predicted molar refractivity (Wildman–Crippen MR) is 135 cm³/mol. The van der Waals surface area contributed by atoms with Crippen LogP contribution in [0.1, 0.15) is 56.6 Å². The Bertz CT molecular complexity index is 1000. The van der Waals surface area contributed by atoms with Gasteiger partial charge >= 0.3 is 0 Å². The molecule has 2 aliphatic heterocycles. The number of nitrogens with one attached hydrogen (secondary N) is 1. The maximum atomic E-state index is 12.2. The molecule has 1 N–H and O–H groups in total. The molecule has 3 aliphatic rings. The molecular formula is C24H32N6O3S. The lowest BCUT2D eigenvalue weighted by atomic mass is 9.95. The van der Waals surface area contributed by atoms with Crippen molar-refractivity contribution in [2.45, 2.75) is 63.6 Å². The quantitative estimate of drug-likeness (QED) is 0.423. The van der Waals surface area contributed by atoms with Crippen molar-refractivity contribution in [2.75, 3.05) is 14.2 Å². The molecule has 9 nitrogen and oxygen atoms in total. The number of fused-ring (bicyclic) bond motifs is 1. The number of oxime groups is 2. The second-order valence-electron chi connectivity index (χ2n) is 8.39. The van der Waals surface area contributed by atoms with Crippen molar-refractivity contribution in [2.24, 2.45) is 15.4 Å². The van der Waals surface area contributed by atoms with Crippen LogP contribution in [0.4, 0.5) is 0 Å². The van der Waals surface area contributed by atoms with Gasteiger partial charge in [-0.15, -0.1) is 0 Å². The van der Waals surface area contributed by atoms with E-state index in [0.717, 1.165) is 11.3 Å². The summed E-state index contributed by atoms with van der Waals surface area (Å²) in [6.07, 6.45) is 10.9. The molecule has 1 fully saturated rings. The molecule has 1 saturated carbocycles. The number of nitrogens with zero attached hydrogens (tertiary/aromatic N) is 5. The van der Waals surface area contributed by atoms with Crippen LogP contribution in [0.5, 0.6) is 0 Å². The van der Waals surface area contributed by atoms with Gasteiger partial charge < -0.3 is 19.9 Å². The first-order valence-corrected chi connectivity index (χ1v) is 12.5. The molecule has 1 aliphatic carbocycles. The number of benzene rings is 1. The Morgan fingerprint density at radius 1 is 1.29 bits per heavy atom. The molecule has 0 aromatic heterocycles. The van der Waals surface area contributed by atoms with Crippen molar-refractivity contribution in [1.29, 1.82) is 0 Å². The minimum absolute atomic E-state index is 0.192. The molecule has 34 heavy (non-hydrogen) atoms. The highest BCUT2D eigenvalue weighted by Gasteiger charge is 2.40. The van der Waals surface area contributed by atoms with E-state index in [0.29, 0.717) is 18.0 Å². The number of likely N-dealkylation sites (N-methyl/N-ethyl adjacent to an activating group) is 1. The molecule has 1 unspecified atom stereocenters. The third-order valence-electron chi connectivity index (χ3n) is 6.29. The summed E-state index contributed by atoms with van der Waals surface area (Å²) in [6, 6.07) is 8.00. The van der Waals surface area contributed by atoms with Gasteiger partial charge in [-0.05, 0) is 19.8 Å². The summed E-state index contributed by atoms with van der Waals surface area (Å²) in [5.74, 6) is -0.332. The zero-order valence-electron chi connectivity index (χ0n) is 19.9. The van der Waals surface area contributed by atoms with Crippen molar-refractivity contribution in [1.82, 2.24) is 15.2 Å². The molecule has 2 heterocycles. The van der Waals surface area contributed by atoms with Gasteiger partial charge in [-0.2, -0.15) is 5.10 Å². The molecule has 4 rings (SSSR count). The minimum Gasteiger partial charge on any atom is -0.398 e. The van der Waals surface area contributed by atoms with E-state index >= 15 is 0 Å². The lowest BCUT2D eigenvalue weighted by molar-refractivity contribution is -0.114. The van der Waals surface area contributed by atoms with Gasteiger partial charge in [-0.1, -0.05) is 65.6 Å². The maximum Gasteiger partial charge on any atom is 0.273 e. The molecule has 0 saturated heterocycles. The van der Waals surface area contributed by atoms with Crippen molar-refractivity contribution in [3.8, 4) is 0 Å². The molecule has 1 amide bonds. The van der Waals surface area contributed by atoms with Crippen molar-refractivity contribution >= 4 is 35.9 Å². The molecule has 10 heteroatoms. The Kier molecular flexibility index (Phi) is 8.10. The predicted octanol–water partition coefficient (Wildman–Crippen LogP) is 3.83. The van der Waals surface area contributed by atoms with Gasteiger partial charge in [0.25, 0.3) is 5.91 Å². The summed E-state index contributed by atoms with van der Waals surface area (Å²) in [5.41, 5.74) is 3.01. The van der Waals surface area contributed by atoms with Crippen LogP contribution >= 0.6 is 11.8 Å². The Balaban J connectivity index is 1.34. The Labute approximate surface area is 204 Å². The summed E-state index contributed by atoms with van der Waals surface area (Å²) in [7, 11) is 2.96. The van der Waals surface area contributed by atoms with Crippen molar-refractivity contribution in [3.05, 3.63) is 46.0 Å². The number of hydrogen-bond donors (Lipinski definition) is 1. The molecule has 1 atom stereocenters. The second-order valence-corrected chi connectivity index (χ2v) is 9.66. The third-order valence-corrected chi connectivity index (χ3v) is 7.53. The van der Waals surface area contributed by atoms with Gasteiger partial charge in [0, 0.05) is 41.8 Å². The van der Waals surface area contributed by atoms with Crippen LogP contribution in [-0.2, 0) is 21.1 Å². The van der Waals surface area contributed by atoms with Gasteiger partial charge in [-0.25, -0.2) is 5.01 Å². The van der Waals surface area contributed by atoms with Gasteiger partial charge in [0.05, 0.1) is 5.70 Å². The Morgan fingerprint density at radius 3 is 2.85 bits per heavy atom. The number of amides is 1. The van der Waals surface area contributed by atoms with Crippen molar-refractivity contribution < 1.29 is 14.5 Å². The first-order chi connectivity index (χ1) is 16.6. The lowest BCUT2D eigenvalue weighted by Crippen LogP contribution is -2.42. The number of hydrogen-bond acceptors (Lipinski definition) is 9. The smallest absolute Gasteiger partial charge is 0.273 e. The summed E-state index contributed by atoms with van der Waals surface area (Å²) >= 11 is 1.86. The minimum atomic E-state index is -0.332. The topological polar surface area (TPSA) is 91.1 Å². The van der Waals surface area contributed by atoms with Crippen molar-refractivity contribution in [3.63, 3.8) is 0 Å². The molecule has 1 aromatic carbocycles. The van der Waals surface area contributed by atoms with Crippen LogP contribution in [0.3, 0.4) is 0 Å². The summed E-state index contributed by atoms with van der Waals surface area (Å²) in [4.78, 5) is 26.3. The van der Waals surface area contributed by atoms with E-state index in [2.05, 4.69) is 32.5 Å². The molecule has 1 aromatic rings. The van der Waals surface area contributed by atoms with Crippen LogP contribution in [0.25, 0.3) is 0 Å². The standard InChI is InChI=1S/C24H32N6O3S/c1-17-21(30-24(34-17)29(16-26-30)19-10-5-4-6-11-19)13-14-27-33-15-18-9-7-8-12-20(18)22(28-32-3)23(31)25-2/h7-9,12,14,16,19,24H,4-6,10-11,13,15H2,1-3H3,(H,25,31). The first kappa shape index (κ1) is 24.1. The van der Waals surface area contributed by atoms with E-state index < -0.39 is 0 Å². The van der Waals surface area contributed by atoms with Crippen LogP contribution in [-0.4, -0.2) is 59.8 Å². The normalized spacial score (nSPS) is 20.9. The fourth-order valence-corrected chi connectivity index (χ4v) is 5.79. The lowest BCUT2D eigenvalue weighted by Gasteiger charge is -2.34. The second kappa shape index (κ2) is 11.4. The highest BCUT2D eigenvalue weighted by Crippen LogP contribution is 2.44. The zero-order valence-corrected chi connectivity index (χ0v) is 20.8. The maximum absolute atomic E-state index is 12.2. The van der Waals surface area contributed by atoms with E-state index in [-0.39, 0.29) is 23.7 Å². The molecule has 0 spiro atoms. The highest BCUT2D eigenvalue weighted by molar-refractivity contribution is 8.03. The van der Waals surface area contributed by atoms with Gasteiger partial charge in [0.15, 0.2) is 11.2 Å². The molecule has 0 radical (unpaired) electrons. The molecular weight excluding hydrogens is 452 g/mol. The number of carbonyl (C=O) groups is 1. The largest absolute Gasteiger partial charge is 0.398 e. The Morgan fingerprint density at radius 2 is 2.09 bits per heavy atom. The van der Waals surface area contributed by atoms with Crippen LogP contribution in [0.15, 0.2) is 50.3 Å². The van der Waals surface area contributed by atoms with Gasteiger partial charge in [0.2, 0.25) is 0 Å². The summed E-state index contributed by atoms with van der Waals surface area (Å²) in [5, 5.41) is 17.4. The van der Waals surface area contributed by atoms with Gasteiger partial charge in [0.1, 0.15) is 20.1 Å². The number of carbonyl (C=O) groups excluding carboxylic acids is 1.